The summed E-state index contributed by atoms with van der Waals surface area (Å²) in [7, 11) is 0. The van der Waals surface area contributed by atoms with Gasteiger partial charge in [0.2, 0.25) is 0 Å². The maximum atomic E-state index is 12.3. The van der Waals surface area contributed by atoms with Crippen LogP contribution in [0.15, 0.2) is 36.3 Å². The van der Waals surface area contributed by atoms with Gasteiger partial charge in [-0.15, -0.1) is 11.3 Å². The molecule has 0 bridgehead atoms. The Balaban J connectivity index is 2.51. The van der Waals surface area contributed by atoms with Crippen LogP contribution in [0.25, 0.3) is 0 Å². The first-order valence-electron chi connectivity index (χ1n) is 4.54. The van der Waals surface area contributed by atoms with E-state index < -0.39 is 0 Å². The van der Waals surface area contributed by atoms with E-state index in [1.807, 2.05) is 0 Å². The fraction of sp³-hybridized carbons (Fsp3) is 0. The van der Waals surface area contributed by atoms with E-state index in [1.165, 1.54) is 11.3 Å². The number of benzene rings is 1. The topological polar surface area (TPSA) is 43.1 Å². The van der Waals surface area contributed by atoms with Crippen LogP contribution in [-0.2, 0) is 0 Å². The first-order chi connectivity index (χ1) is 8.00. The van der Waals surface area contributed by atoms with Crippen LogP contribution in [0.4, 0.5) is 5.69 Å². The zero-order valence-corrected chi connectivity index (χ0v) is 13.9. The standard InChI is InChI=1S/C11H6Br3NOS/c12-8-4-6(11(14)17-8)10(16)5-2-1-3-7(15)9(5)13/h1-4H,15H2. The summed E-state index contributed by atoms with van der Waals surface area (Å²) >= 11 is 11.5. The predicted octanol–water partition coefficient (Wildman–Crippen LogP) is 4.85. The highest BCUT2D eigenvalue weighted by Crippen LogP contribution is 2.35. The second-order valence-electron chi connectivity index (χ2n) is 3.28. The molecule has 1 heterocycles. The third kappa shape index (κ3) is 2.65. The van der Waals surface area contributed by atoms with Crippen LogP contribution < -0.4 is 5.73 Å². The number of carbonyl (C=O) groups excluding carboxylic acids is 1. The number of thiophene rings is 1. The molecule has 2 N–H and O–H groups in total. The molecule has 1 aromatic heterocycles. The van der Waals surface area contributed by atoms with Gasteiger partial charge >= 0.3 is 0 Å². The lowest BCUT2D eigenvalue weighted by molar-refractivity contribution is 0.103. The lowest BCUT2D eigenvalue weighted by Gasteiger charge is -2.05. The summed E-state index contributed by atoms with van der Waals surface area (Å²) in [6, 6.07) is 7.07. The molecule has 6 heteroatoms. The maximum absolute atomic E-state index is 12.3. The molecule has 2 rings (SSSR count). The average Bonchev–Trinajstić information content (AvgIpc) is 2.61. The quantitative estimate of drug-likeness (QED) is 0.537. The Morgan fingerprint density at radius 3 is 2.47 bits per heavy atom. The lowest BCUT2D eigenvalue weighted by Crippen LogP contribution is -2.03. The molecule has 17 heavy (non-hydrogen) atoms. The number of ketones is 1. The van der Waals surface area contributed by atoms with Crippen LogP contribution in [0.2, 0.25) is 0 Å². The molecule has 0 atom stereocenters. The number of anilines is 1. The summed E-state index contributed by atoms with van der Waals surface area (Å²) in [6.07, 6.45) is 0. The van der Waals surface area contributed by atoms with Crippen LogP contribution in [0.1, 0.15) is 15.9 Å². The zero-order valence-electron chi connectivity index (χ0n) is 8.34. The summed E-state index contributed by atoms with van der Waals surface area (Å²) in [5, 5.41) is 0. The molecular formula is C11H6Br3NOS. The van der Waals surface area contributed by atoms with Crippen LogP contribution in [0, 0.1) is 0 Å². The Kier molecular flexibility index (Phi) is 4.07. The van der Waals surface area contributed by atoms with Gasteiger partial charge in [-0.3, -0.25) is 4.79 Å². The summed E-state index contributed by atoms with van der Waals surface area (Å²) in [5.41, 5.74) is 7.52. The Hall–Kier alpha value is -0.170. The molecule has 0 fully saturated rings. The molecule has 0 saturated carbocycles. The SMILES string of the molecule is Nc1cccc(C(=O)c2cc(Br)sc2Br)c1Br. The van der Waals surface area contributed by atoms with Crippen molar-refractivity contribution in [2.24, 2.45) is 0 Å². The highest BCUT2D eigenvalue weighted by Gasteiger charge is 2.18. The van der Waals surface area contributed by atoms with Gasteiger partial charge in [-0.05, 0) is 66.0 Å². The van der Waals surface area contributed by atoms with Crippen LogP contribution in [0.3, 0.4) is 0 Å². The van der Waals surface area contributed by atoms with Gasteiger partial charge in [0.05, 0.1) is 12.0 Å². The van der Waals surface area contributed by atoms with Crippen molar-refractivity contribution in [1.82, 2.24) is 0 Å². The van der Waals surface area contributed by atoms with Crippen LogP contribution in [0.5, 0.6) is 0 Å². The molecule has 2 nitrogen and oxygen atoms in total. The van der Waals surface area contributed by atoms with E-state index in [-0.39, 0.29) is 5.78 Å². The number of rotatable bonds is 2. The van der Waals surface area contributed by atoms with E-state index in [4.69, 9.17) is 5.73 Å². The maximum Gasteiger partial charge on any atom is 0.196 e. The number of hydrogen-bond donors (Lipinski definition) is 1. The molecule has 0 spiro atoms. The molecule has 88 valence electrons. The number of nitrogens with two attached hydrogens (primary N) is 1. The molecule has 0 amide bonds. The smallest absolute Gasteiger partial charge is 0.196 e. The second kappa shape index (κ2) is 5.22. The fourth-order valence-corrected chi connectivity index (χ4v) is 4.60. The highest BCUT2D eigenvalue weighted by atomic mass is 79.9. The van der Waals surface area contributed by atoms with Gasteiger partial charge in [-0.25, -0.2) is 0 Å². The minimum absolute atomic E-state index is 0.0574. The molecule has 0 aliphatic rings. The summed E-state index contributed by atoms with van der Waals surface area (Å²) in [6.45, 7) is 0. The van der Waals surface area contributed by atoms with Gasteiger partial charge in [-0.1, -0.05) is 6.07 Å². The second-order valence-corrected chi connectivity index (χ2v) is 7.82. The van der Waals surface area contributed by atoms with Crippen LogP contribution >= 0.6 is 59.1 Å². The largest absolute Gasteiger partial charge is 0.398 e. The number of hydrogen-bond acceptors (Lipinski definition) is 3. The monoisotopic (exact) mass is 437 g/mol. The summed E-state index contributed by atoms with van der Waals surface area (Å²) in [5.74, 6) is -0.0574. The van der Waals surface area contributed by atoms with E-state index in [9.17, 15) is 4.79 Å². The molecule has 0 aliphatic heterocycles. The molecule has 0 radical (unpaired) electrons. The minimum Gasteiger partial charge on any atom is -0.398 e. The molecule has 0 unspecified atom stereocenters. The number of carbonyl (C=O) groups is 1. The summed E-state index contributed by atoms with van der Waals surface area (Å²) in [4.78, 5) is 12.3. The van der Waals surface area contributed by atoms with Gasteiger partial charge < -0.3 is 5.73 Å². The molecule has 2 aromatic rings. The van der Waals surface area contributed by atoms with Crippen molar-refractivity contribution in [3.63, 3.8) is 0 Å². The molecule has 0 aliphatic carbocycles. The normalized spacial score (nSPS) is 10.5. The first-order valence-corrected chi connectivity index (χ1v) is 7.73. The van der Waals surface area contributed by atoms with Gasteiger partial charge in [0.15, 0.2) is 5.78 Å². The van der Waals surface area contributed by atoms with E-state index in [2.05, 4.69) is 47.8 Å². The van der Waals surface area contributed by atoms with E-state index in [1.54, 1.807) is 24.3 Å². The molecule has 1 aromatic carbocycles. The predicted molar refractivity (Wildman–Crippen MR) is 81.7 cm³/mol. The lowest BCUT2D eigenvalue weighted by atomic mass is 10.1. The van der Waals surface area contributed by atoms with Crippen molar-refractivity contribution < 1.29 is 4.79 Å². The zero-order chi connectivity index (χ0) is 12.6. The first kappa shape index (κ1) is 13.3. The average molecular weight is 440 g/mol. The Bertz CT molecular complexity index is 594. The van der Waals surface area contributed by atoms with E-state index in [0.717, 1.165) is 7.57 Å². The van der Waals surface area contributed by atoms with E-state index in [0.29, 0.717) is 21.3 Å². The molecular weight excluding hydrogens is 434 g/mol. The Morgan fingerprint density at radius 1 is 1.18 bits per heavy atom. The third-order valence-corrected chi connectivity index (χ3v) is 5.40. The van der Waals surface area contributed by atoms with Crippen molar-refractivity contribution in [2.75, 3.05) is 5.73 Å². The van der Waals surface area contributed by atoms with Gasteiger partial charge in [-0.2, -0.15) is 0 Å². The number of nitrogen functional groups attached to an aromatic ring is 1. The van der Waals surface area contributed by atoms with E-state index >= 15 is 0 Å². The van der Waals surface area contributed by atoms with Crippen molar-refractivity contribution in [3.8, 4) is 0 Å². The third-order valence-electron chi connectivity index (χ3n) is 2.17. The fourth-order valence-electron chi connectivity index (χ4n) is 1.37. The molecule has 0 saturated heterocycles. The van der Waals surface area contributed by atoms with Crippen LogP contribution in [-0.4, -0.2) is 5.78 Å². The van der Waals surface area contributed by atoms with Crippen molar-refractivity contribution >= 4 is 70.6 Å². The number of halogens is 3. The van der Waals surface area contributed by atoms with Gasteiger partial charge in [0.25, 0.3) is 0 Å². The van der Waals surface area contributed by atoms with Gasteiger partial charge in [0.1, 0.15) is 0 Å². The van der Waals surface area contributed by atoms with Crippen molar-refractivity contribution in [3.05, 3.63) is 47.4 Å². The Labute approximate surface area is 128 Å². The highest BCUT2D eigenvalue weighted by molar-refractivity contribution is 9.12. The van der Waals surface area contributed by atoms with Crippen molar-refractivity contribution in [1.29, 1.82) is 0 Å². The minimum atomic E-state index is -0.0574. The van der Waals surface area contributed by atoms with Gasteiger partial charge in [0, 0.05) is 16.8 Å². The van der Waals surface area contributed by atoms with Crippen molar-refractivity contribution in [2.45, 2.75) is 0 Å². The summed E-state index contributed by atoms with van der Waals surface area (Å²) < 4.78 is 2.36. The Morgan fingerprint density at radius 2 is 1.88 bits per heavy atom.